The first-order valence-electron chi connectivity index (χ1n) is 7.48. The Hall–Kier alpha value is -2.31. The lowest BCUT2D eigenvalue weighted by atomic mass is 10.2. The summed E-state index contributed by atoms with van der Waals surface area (Å²) in [5, 5.41) is 4.02. The largest absolute Gasteiger partial charge is 0.452 e. The monoisotopic (exact) mass is 420 g/mol. The molecule has 0 unspecified atom stereocenters. The fourth-order valence-electron chi connectivity index (χ4n) is 2.37. The molecule has 0 aliphatic heterocycles. The first-order chi connectivity index (χ1) is 12.0. The molecule has 0 bridgehead atoms. The zero-order chi connectivity index (χ0) is 17.8. The van der Waals surface area contributed by atoms with E-state index in [2.05, 4.69) is 26.2 Å². The number of fused-ring (bicyclic) bond motifs is 1. The van der Waals surface area contributed by atoms with E-state index >= 15 is 0 Å². The molecule has 0 spiro atoms. The summed E-state index contributed by atoms with van der Waals surface area (Å²) < 4.78 is 5.95. The van der Waals surface area contributed by atoms with E-state index in [0.29, 0.717) is 17.1 Å². The minimum absolute atomic E-state index is 0.316. The van der Waals surface area contributed by atoms with Crippen molar-refractivity contribution in [2.45, 2.75) is 6.54 Å². The highest BCUT2D eigenvalue weighted by Gasteiger charge is 2.15. The number of carbonyl (C=O) groups excluding carboxylic acids is 2. The van der Waals surface area contributed by atoms with Crippen molar-refractivity contribution in [1.29, 1.82) is 0 Å². The Balaban J connectivity index is 1.56. The van der Waals surface area contributed by atoms with Crippen LogP contribution >= 0.6 is 27.5 Å². The molecule has 0 aliphatic carbocycles. The molecule has 0 saturated heterocycles. The van der Waals surface area contributed by atoms with Gasteiger partial charge in [-0.15, -0.1) is 0 Å². The molecule has 0 aliphatic rings. The second-order valence-electron chi connectivity index (χ2n) is 5.38. The number of rotatable bonds is 5. The van der Waals surface area contributed by atoms with E-state index in [-0.39, 0.29) is 12.5 Å². The lowest BCUT2D eigenvalue weighted by molar-refractivity contribution is -0.124. The van der Waals surface area contributed by atoms with Gasteiger partial charge in [0, 0.05) is 33.1 Å². The minimum atomic E-state index is -0.553. The first kappa shape index (κ1) is 17.5. The second-order valence-corrected chi connectivity index (χ2v) is 6.73. The van der Waals surface area contributed by atoms with Crippen molar-refractivity contribution in [1.82, 2.24) is 10.3 Å². The maximum Gasteiger partial charge on any atom is 0.340 e. The summed E-state index contributed by atoms with van der Waals surface area (Å²) in [6.07, 6.45) is 1.57. The second kappa shape index (κ2) is 7.72. The van der Waals surface area contributed by atoms with Gasteiger partial charge in [-0.1, -0.05) is 39.7 Å². The predicted molar refractivity (Wildman–Crippen MR) is 99.6 cm³/mol. The van der Waals surface area contributed by atoms with Crippen LogP contribution in [0.15, 0.2) is 53.1 Å². The molecule has 1 amide bonds. The topological polar surface area (TPSA) is 71.2 Å². The SMILES string of the molecule is O=C(COC(=O)c1c[nH]c2ccc(Br)cc12)NCc1cccc(Cl)c1. The zero-order valence-corrected chi connectivity index (χ0v) is 15.4. The Kier molecular flexibility index (Phi) is 5.40. The van der Waals surface area contributed by atoms with Crippen LogP contribution in [-0.2, 0) is 16.1 Å². The number of hydrogen-bond donors (Lipinski definition) is 2. The number of ether oxygens (including phenoxy) is 1. The molecule has 0 atom stereocenters. The van der Waals surface area contributed by atoms with Crippen LogP contribution in [0.25, 0.3) is 10.9 Å². The lowest BCUT2D eigenvalue weighted by Crippen LogP contribution is -2.28. The van der Waals surface area contributed by atoms with E-state index in [1.165, 1.54) is 0 Å². The van der Waals surface area contributed by atoms with Crippen LogP contribution in [0.1, 0.15) is 15.9 Å². The van der Waals surface area contributed by atoms with Gasteiger partial charge in [-0.3, -0.25) is 4.79 Å². The number of hydrogen-bond acceptors (Lipinski definition) is 3. The van der Waals surface area contributed by atoms with E-state index in [1.807, 2.05) is 24.3 Å². The van der Waals surface area contributed by atoms with Gasteiger partial charge in [0.25, 0.3) is 5.91 Å². The van der Waals surface area contributed by atoms with Crippen LogP contribution in [0.3, 0.4) is 0 Å². The molecule has 128 valence electrons. The highest BCUT2D eigenvalue weighted by atomic mass is 79.9. The fraction of sp³-hybridized carbons (Fsp3) is 0.111. The molecule has 2 aromatic carbocycles. The number of esters is 1. The van der Waals surface area contributed by atoms with Gasteiger partial charge in [-0.05, 0) is 35.9 Å². The Morgan fingerprint density at radius 1 is 1.20 bits per heavy atom. The number of aromatic amines is 1. The third kappa shape index (κ3) is 4.41. The maximum absolute atomic E-state index is 12.2. The summed E-state index contributed by atoms with van der Waals surface area (Å²) in [6, 6.07) is 12.7. The molecule has 3 rings (SSSR count). The normalized spacial score (nSPS) is 10.6. The Bertz CT molecular complexity index is 939. The molecule has 1 heterocycles. The third-order valence-corrected chi connectivity index (χ3v) is 4.31. The number of halogens is 2. The van der Waals surface area contributed by atoms with Crippen molar-refractivity contribution in [3.63, 3.8) is 0 Å². The van der Waals surface area contributed by atoms with Gasteiger partial charge in [0.2, 0.25) is 0 Å². The lowest BCUT2D eigenvalue weighted by Gasteiger charge is -2.07. The number of amides is 1. The number of nitrogens with one attached hydrogen (secondary N) is 2. The number of benzene rings is 2. The van der Waals surface area contributed by atoms with Crippen LogP contribution in [0.4, 0.5) is 0 Å². The minimum Gasteiger partial charge on any atom is -0.452 e. The quantitative estimate of drug-likeness (QED) is 0.610. The summed E-state index contributed by atoms with van der Waals surface area (Å²) in [5.41, 5.74) is 2.08. The van der Waals surface area contributed by atoms with Crippen LogP contribution in [0, 0.1) is 0 Å². The third-order valence-electron chi connectivity index (χ3n) is 3.58. The van der Waals surface area contributed by atoms with E-state index < -0.39 is 5.97 Å². The average molecular weight is 422 g/mol. The Morgan fingerprint density at radius 3 is 2.84 bits per heavy atom. The molecule has 2 N–H and O–H groups in total. The van der Waals surface area contributed by atoms with Gasteiger partial charge >= 0.3 is 5.97 Å². The molecule has 1 aromatic heterocycles. The van der Waals surface area contributed by atoms with Gasteiger partial charge in [0.1, 0.15) is 0 Å². The van der Waals surface area contributed by atoms with Gasteiger partial charge in [-0.2, -0.15) is 0 Å². The van der Waals surface area contributed by atoms with Crippen molar-refractivity contribution in [3.05, 3.63) is 69.3 Å². The van der Waals surface area contributed by atoms with E-state index in [4.69, 9.17) is 16.3 Å². The molecule has 5 nitrogen and oxygen atoms in total. The van der Waals surface area contributed by atoms with Crippen LogP contribution in [0.5, 0.6) is 0 Å². The van der Waals surface area contributed by atoms with Gasteiger partial charge in [0.05, 0.1) is 5.56 Å². The molecule has 25 heavy (non-hydrogen) atoms. The summed E-state index contributed by atoms with van der Waals surface area (Å²) in [6.45, 7) is -0.0307. The van der Waals surface area contributed by atoms with Crippen molar-refractivity contribution in [3.8, 4) is 0 Å². The van der Waals surface area contributed by atoms with Gasteiger partial charge in [-0.25, -0.2) is 4.79 Å². The first-order valence-corrected chi connectivity index (χ1v) is 8.65. The van der Waals surface area contributed by atoms with Gasteiger partial charge in [0.15, 0.2) is 6.61 Å². The molecule has 3 aromatic rings. The zero-order valence-electron chi connectivity index (χ0n) is 13.0. The fourth-order valence-corrected chi connectivity index (χ4v) is 2.94. The Morgan fingerprint density at radius 2 is 2.04 bits per heavy atom. The summed E-state index contributed by atoms with van der Waals surface area (Å²) in [4.78, 5) is 27.1. The average Bonchev–Trinajstić information content (AvgIpc) is 3.01. The maximum atomic E-state index is 12.2. The van der Waals surface area contributed by atoms with Crippen LogP contribution in [-0.4, -0.2) is 23.5 Å². The molecule has 0 saturated carbocycles. The van der Waals surface area contributed by atoms with Crippen molar-refractivity contribution >= 4 is 50.3 Å². The summed E-state index contributed by atoms with van der Waals surface area (Å²) >= 11 is 9.26. The van der Waals surface area contributed by atoms with E-state index in [0.717, 1.165) is 20.9 Å². The van der Waals surface area contributed by atoms with Crippen molar-refractivity contribution < 1.29 is 14.3 Å². The van der Waals surface area contributed by atoms with Crippen molar-refractivity contribution in [2.24, 2.45) is 0 Å². The Labute approximate surface area is 157 Å². The number of H-pyrrole nitrogens is 1. The highest BCUT2D eigenvalue weighted by Crippen LogP contribution is 2.23. The molecule has 0 radical (unpaired) electrons. The standard InChI is InChI=1S/C18H14BrClN2O3/c19-12-4-5-16-14(7-12)15(9-21-16)18(24)25-10-17(23)22-8-11-2-1-3-13(20)6-11/h1-7,9,21H,8,10H2,(H,22,23). The molecule has 0 fully saturated rings. The summed E-state index contributed by atoms with van der Waals surface area (Å²) in [7, 11) is 0. The molecular formula is C18H14BrClN2O3. The van der Waals surface area contributed by atoms with E-state index in [1.54, 1.807) is 24.4 Å². The van der Waals surface area contributed by atoms with Crippen LogP contribution in [0.2, 0.25) is 5.02 Å². The number of aromatic nitrogens is 1. The van der Waals surface area contributed by atoms with Crippen LogP contribution < -0.4 is 5.32 Å². The predicted octanol–water partition coefficient (Wildman–Crippen LogP) is 4.06. The number of carbonyl (C=O) groups is 2. The van der Waals surface area contributed by atoms with Crippen molar-refractivity contribution in [2.75, 3.05) is 6.61 Å². The smallest absolute Gasteiger partial charge is 0.340 e. The van der Waals surface area contributed by atoms with Gasteiger partial charge < -0.3 is 15.0 Å². The highest BCUT2D eigenvalue weighted by molar-refractivity contribution is 9.10. The summed E-state index contributed by atoms with van der Waals surface area (Å²) in [5.74, 6) is -0.934. The molecular weight excluding hydrogens is 408 g/mol. The van der Waals surface area contributed by atoms with E-state index in [9.17, 15) is 9.59 Å². The molecule has 7 heteroatoms.